The molecular formula is C16H15FN2S. The summed E-state index contributed by atoms with van der Waals surface area (Å²) >= 11 is 4.92. The van der Waals surface area contributed by atoms with Crippen LogP contribution < -0.4 is 11.1 Å². The van der Waals surface area contributed by atoms with Crippen molar-refractivity contribution in [2.75, 3.05) is 11.9 Å². The zero-order valence-corrected chi connectivity index (χ0v) is 11.7. The van der Waals surface area contributed by atoms with E-state index >= 15 is 0 Å². The van der Waals surface area contributed by atoms with Gasteiger partial charge in [0.25, 0.3) is 0 Å². The van der Waals surface area contributed by atoms with Crippen LogP contribution in [0.5, 0.6) is 0 Å². The summed E-state index contributed by atoms with van der Waals surface area (Å²) in [4.78, 5) is 0.0830. The average molecular weight is 286 g/mol. The fraction of sp³-hybridized carbons (Fsp3) is 0.188. The summed E-state index contributed by atoms with van der Waals surface area (Å²) in [5, 5.41) is 3.27. The van der Waals surface area contributed by atoms with Crippen LogP contribution in [0.4, 0.5) is 10.1 Å². The molecule has 0 aromatic heterocycles. The minimum atomic E-state index is -0.378. The van der Waals surface area contributed by atoms with Crippen molar-refractivity contribution in [1.82, 2.24) is 0 Å². The van der Waals surface area contributed by atoms with E-state index in [1.165, 1.54) is 17.2 Å². The van der Waals surface area contributed by atoms with Crippen LogP contribution in [0, 0.1) is 5.82 Å². The molecule has 3 N–H and O–H groups in total. The lowest BCUT2D eigenvalue weighted by Gasteiger charge is -2.30. The van der Waals surface area contributed by atoms with Crippen molar-refractivity contribution in [2.45, 2.75) is 12.3 Å². The molecule has 3 rings (SSSR count). The predicted octanol–water partition coefficient (Wildman–Crippen LogP) is 3.21. The standard InChI is InChI=1S/C16H15FN2S/c17-13-6-3-7-14(15(13)16(18)20)19-9-11-8-10-4-1-2-5-12(10)11/h1-7,11,19H,8-9H2,(H2,18,20). The summed E-state index contributed by atoms with van der Waals surface area (Å²) in [7, 11) is 0. The lowest BCUT2D eigenvalue weighted by atomic mass is 9.77. The second-order valence-electron chi connectivity index (χ2n) is 5.01. The van der Waals surface area contributed by atoms with Crippen LogP contribution in [0.2, 0.25) is 0 Å². The number of hydrogen-bond acceptors (Lipinski definition) is 2. The quantitative estimate of drug-likeness (QED) is 0.848. The SMILES string of the molecule is NC(=S)c1c(F)cccc1NCC1Cc2ccccc21. The van der Waals surface area contributed by atoms with Crippen LogP contribution in [0.3, 0.4) is 0 Å². The van der Waals surface area contributed by atoms with Crippen molar-refractivity contribution >= 4 is 22.9 Å². The Bertz CT molecular complexity index is 669. The molecule has 0 spiro atoms. The van der Waals surface area contributed by atoms with Gasteiger partial charge in [-0.1, -0.05) is 42.5 Å². The predicted molar refractivity (Wildman–Crippen MR) is 83.7 cm³/mol. The topological polar surface area (TPSA) is 38.0 Å². The van der Waals surface area contributed by atoms with Crippen molar-refractivity contribution in [3.8, 4) is 0 Å². The Morgan fingerprint density at radius 2 is 2.05 bits per heavy atom. The first-order valence-corrected chi connectivity index (χ1v) is 6.97. The zero-order valence-electron chi connectivity index (χ0n) is 10.9. The van der Waals surface area contributed by atoms with E-state index in [1.807, 2.05) is 12.1 Å². The Hall–Kier alpha value is -1.94. The Morgan fingerprint density at radius 3 is 2.80 bits per heavy atom. The van der Waals surface area contributed by atoms with Crippen molar-refractivity contribution in [3.63, 3.8) is 0 Å². The molecule has 2 aromatic rings. The van der Waals surface area contributed by atoms with Crippen molar-refractivity contribution in [3.05, 3.63) is 65.0 Å². The molecule has 20 heavy (non-hydrogen) atoms. The highest BCUT2D eigenvalue weighted by Gasteiger charge is 2.25. The van der Waals surface area contributed by atoms with Gasteiger partial charge in [0.1, 0.15) is 10.8 Å². The summed E-state index contributed by atoms with van der Waals surface area (Å²) in [5.41, 5.74) is 9.33. The van der Waals surface area contributed by atoms with Gasteiger partial charge >= 0.3 is 0 Å². The zero-order chi connectivity index (χ0) is 14.1. The normalized spacial score (nSPS) is 16.1. The Kier molecular flexibility index (Phi) is 3.40. The van der Waals surface area contributed by atoms with Gasteiger partial charge in [-0.3, -0.25) is 0 Å². The molecule has 4 heteroatoms. The minimum absolute atomic E-state index is 0.0830. The maximum atomic E-state index is 13.8. The highest BCUT2D eigenvalue weighted by molar-refractivity contribution is 7.80. The number of fused-ring (bicyclic) bond motifs is 1. The highest BCUT2D eigenvalue weighted by Crippen LogP contribution is 2.35. The molecule has 0 fully saturated rings. The molecule has 1 atom stereocenters. The fourth-order valence-corrected chi connectivity index (χ4v) is 2.91. The van der Waals surface area contributed by atoms with Crippen LogP contribution >= 0.6 is 12.2 Å². The fourth-order valence-electron chi connectivity index (χ4n) is 2.70. The maximum absolute atomic E-state index is 13.8. The number of hydrogen-bond donors (Lipinski definition) is 2. The van der Waals surface area contributed by atoms with Gasteiger partial charge in [-0.25, -0.2) is 4.39 Å². The van der Waals surface area contributed by atoms with Crippen molar-refractivity contribution in [2.24, 2.45) is 5.73 Å². The van der Waals surface area contributed by atoms with Crippen LogP contribution in [0.1, 0.15) is 22.6 Å². The molecule has 102 valence electrons. The molecule has 0 amide bonds. The van der Waals surface area contributed by atoms with Gasteiger partial charge in [0.05, 0.1) is 5.56 Å². The van der Waals surface area contributed by atoms with E-state index in [9.17, 15) is 4.39 Å². The first-order valence-electron chi connectivity index (χ1n) is 6.57. The van der Waals surface area contributed by atoms with E-state index in [1.54, 1.807) is 6.07 Å². The third kappa shape index (κ3) is 2.27. The molecule has 1 unspecified atom stereocenters. The summed E-state index contributed by atoms with van der Waals surface area (Å²) in [6.45, 7) is 0.760. The first kappa shape index (κ1) is 13.1. The number of nitrogens with one attached hydrogen (secondary N) is 1. The van der Waals surface area contributed by atoms with E-state index < -0.39 is 0 Å². The van der Waals surface area contributed by atoms with Gasteiger partial charge in [-0.2, -0.15) is 0 Å². The molecule has 0 heterocycles. The molecule has 1 aliphatic rings. The Labute approximate surface area is 122 Å². The first-order chi connectivity index (χ1) is 9.66. The van der Waals surface area contributed by atoms with E-state index in [-0.39, 0.29) is 10.8 Å². The van der Waals surface area contributed by atoms with E-state index in [0.29, 0.717) is 17.2 Å². The van der Waals surface area contributed by atoms with Crippen LogP contribution in [0.25, 0.3) is 0 Å². The van der Waals surface area contributed by atoms with Crippen molar-refractivity contribution < 1.29 is 4.39 Å². The van der Waals surface area contributed by atoms with Gasteiger partial charge in [0.2, 0.25) is 0 Å². The molecule has 0 saturated carbocycles. The molecule has 0 saturated heterocycles. The molecule has 0 bridgehead atoms. The van der Waals surface area contributed by atoms with Gasteiger partial charge in [-0.05, 0) is 29.7 Å². The average Bonchev–Trinajstić information content (AvgIpc) is 2.39. The largest absolute Gasteiger partial charge is 0.389 e. The number of halogens is 1. The lowest BCUT2D eigenvalue weighted by Crippen LogP contribution is -2.25. The second-order valence-corrected chi connectivity index (χ2v) is 5.45. The maximum Gasteiger partial charge on any atom is 0.135 e. The number of rotatable bonds is 4. The van der Waals surface area contributed by atoms with Crippen LogP contribution in [-0.4, -0.2) is 11.5 Å². The third-order valence-electron chi connectivity index (χ3n) is 3.76. The summed E-state index contributed by atoms with van der Waals surface area (Å²) in [6.07, 6.45) is 1.06. The summed E-state index contributed by atoms with van der Waals surface area (Å²) in [6, 6.07) is 13.2. The molecule has 0 aliphatic heterocycles. The van der Waals surface area contributed by atoms with E-state index in [4.69, 9.17) is 18.0 Å². The monoisotopic (exact) mass is 286 g/mol. The van der Waals surface area contributed by atoms with Crippen molar-refractivity contribution in [1.29, 1.82) is 0 Å². The van der Waals surface area contributed by atoms with Gasteiger partial charge in [0.15, 0.2) is 0 Å². The summed E-state index contributed by atoms with van der Waals surface area (Å²) in [5.74, 6) is 0.0881. The van der Waals surface area contributed by atoms with E-state index in [2.05, 4.69) is 23.5 Å². The molecule has 1 aliphatic carbocycles. The highest BCUT2D eigenvalue weighted by atomic mass is 32.1. The minimum Gasteiger partial charge on any atom is -0.389 e. The number of benzene rings is 2. The number of thiocarbonyl (C=S) groups is 1. The molecular weight excluding hydrogens is 271 g/mol. The van der Waals surface area contributed by atoms with Gasteiger partial charge in [0, 0.05) is 18.2 Å². The Balaban J connectivity index is 1.75. The van der Waals surface area contributed by atoms with E-state index in [0.717, 1.165) is 13.0 Å². The molecule has 2 aromatic carbocycles. The van der Waals surface area contributed by atoms with Crippen LogP contribution in [-0.2, 0) is 6.42 Å². The van der Waals surface area contributed by atoms with Gasteiger partial charge in [-0.15, -0.1) is 0 Å². The molecule has 2 nitrogen and oxygen atoms in total. The second kappa shape index (κ2) is 5.21. The Morgan fingerprint density at radius 1 is 1.25 bits per heavy atom. The number of anilines is 1. The third-order valence-corrected chi connectivity index (χ3v) is 3.96. The smallest absolute Gasteiger partial charge is 0.135 e. The molecule has 0 radical (unpaired) electrons. The number of nitrogens with two attached hydrogens (primary N) is 1. The van der Waals surface area contributed by atoms with Crippen LogP contribution in [0.15, 0.2) is 42.5 Å². The van der Waals surface area contributed by atoms with Gasteiger partial charge < -0.3 is 11.1 Å². The summed E-state index contributed by atoms with van der Waals surface area (Å²) < 4.78 is 13.8. The lowest BCUT2D eigenvalue weighted by molar-refractivity contribution is 0.622.